The Morgan fingerprint density at radius 1 is 1.39 bits per heavy atom. The molecule has 0 aromatic carbocycles. The van der Waals surface area contributed by atoms with Crippen LogP contribution in [0.1, 0.15) is 18.5 Å². The van der Waals surface area contributed by atoms with Crippen LogP contribution in [0.2, 0.25) is 0 Å². The number of piperidine rings is 1. The molecule has 0 radical (unpaired) electrons. The van der Waals surface area contributed by atoms with Gasteiger partial charge in [0, 0.05) is 43.8 Å². The van der Waals surface area contributed by atoms with Gasteiger partial charge in [-0.3, -0.25) is 4.31 Å². The Hall–Kier alpha value is -1.79. The highest BCUT2D eigenvalue weighted by atomic mass is 32.2. The number of hydrogen-bond acceptors (Lipinski definition) is 5. The summed E-state index contributed by atoms with van der Waals surface area (Å²) in [6.45, 7) is 3.41. The first-order valence-corrected chi connectivity index (χ1v) is 9.11. The summed E-state index contributed by atoms with van der Waals surface area (Å²) in [5, 5.41) is 7.39. The molecule has 0 amide bonds. The molecule has 0 bridgehead atoms. The van der Waals surface area contributed by atoms with Crippen molar-refractivity contribution in [3.8, 4) is 0 Å². The minimum Gasteiger partial charge on any atom is -0.404 e. The van der Waals surface area contributed by atoms with Crippen LogP contribution in [0, 0.1) is 11.3 Å². The van der Waals surface area contributed by atoms with Crippen LogP contribution in [0.5, 0.6) is 0 Å². The van der Waals surface area contributed by atoms with Gasteiger partial charge < -0.3 is 15.7 Å². The topological polar surface area (TPSA) is 70.9 Å². The lowest BCUT2D eigenvalue weighted by Gasteiger charge is -2.30. The van der Waals surface area contributed by atoms with E-state index in [1.807, 2.05) is 24.1 Å². The highest BCUT2D eigenvalue weighted by Crippen LogP contribution is 2.25. The van der Waals surface area contributed by atoms with Crippen LogP contribution >= 0.6 is 11.9 Å². The van der Waals surface area contributed by atoms with Crippen molar-refractivity contribution in [1.29, 1.82) is 5.41 Å². The number of aromatic nitrogens is 2. The Morgan fingerprint density at radius 2 is 2.17 bits per heavy atom. The largest absolute Gasteiger partial charge is 0.404 e. The number of hydrogen-bond donors (Lipinski definition) is 2. The summed E-state index contributed by atoms with van der Waals surface area (Å²) in [7, 11) is 0. The van der Waals surface area contributed by atoms with Gasteiger partial charge in [-0.15, -0.1) is 0 Å². The molecule has 23 heavy (non-hydrogen) atoms. The van der Waals surface area contributed by atoms with Crippen LogP contribution < -0.4 is 5.73 Å². The second-order valence-electron chi connectivity index (χ2n) is 5.89. The van der Waals surface area contributed by atoms with E-state index in [4.69, 9.17) is 11.1 Å². The molecule has 3 rings (SSSR count). The smallest absolute Gasteiger partial charge is 0.0888 e. The van der Waals surface area contributed by atoms with E-state index in [1.165, 1.54) is 38.3 Å². The van der Waals surface area contributed by atoms with Crippen molar-refractivity contribution < 1.29 is 0 Å². The lowest BCUT2D eigenvalue weighted by Crippen LogP contribution is -2.30. The molecule has 0 atom stereocenters. The third-order valence-corrected chi connectivity index (χ3v) is 5.42. The van der Waals surface area contributed by atoms with E-state index in [0.717, 1.165) is 29.2 Å². The summed E-state index contributed by atoms with van der Waals surface area (Å²) < 4.78 is 4.75. The van der Waals surface area contributed by atoms with Gasteiger partial charge in [-0.05, 0) is 43.2 Å². The van der Waals surface area contributed by atoms with E-state index in [-0.39, 0.29) is 0 Å². The molecule has 0 unspecified atom stereocenters. The first-order valence-electron chi connectivity index (χ1n) is 7.93. The maximum atomic E-state index is 7.39. The number of allylic oxidation sites excluding steroid dienone is 1. The Kier molecular flexibility index (Phi) is 5.03. The molecule has 0 spiro atoms. The van der Waals surface area contributed by atoms with Crippen molar-refractivity contribution in [1.82, 2.24) is 13.9 Å². The first kappa shape index (κ1) is 16.1. The fourth-order valence-corrected chi connectivity index (χ4v) is 3.73. The number of nitrogens with zero attached hydrogens (tertiary/aromatic N) is 3. The minimum absolute atomic E-state index is 0.643. The van der Waals surface area contributed by atoms with Crippen molar-refractivity contribution in [2.45, 2.75) is 19.4 Å². The molecule has 3 heterocycles. The predicted molar refractivity (Wildman–Crippen MR) is 98.5 cm³/mol. The summed E-state index contributed by atoms with van der Waals surface area (Å²) in [5.74, 6) is 0.731. The standard InChI is InChI=1S/C17H23N5S/c1-23-22-8-4-13(5-9-22)12-21-7-6-16-17(21)3-2-15(20-16)14(10-18)11-19/h2-3,6-7,10-11,13,18H,4-5,8-9,12,19H2,1H3/b14-11+,18-10?. The SMILES string of the molecule is CSN1CCC(Cn2ccc3nc(/C(C=N)=C/N)ccc32)CC1. The highest BCUT2D eigenvalue weighted by Gasteiger charge is 2.19. The summed E-state index contributed by atoms with van der Waals surface area (Å²) in [5.41, 5.74) is 9.06. The number of rotatable bonds is 5. The zero-order chi connectivity index (χ0) is 16.2. The van der Waals surface area contributed by atoms with E-state index in [9.17, 15) is 0 Å². The summed E-state index contributed by atoms with van der Waals surface area (Å²) in [4.78, 5) is 4.62. The van der Waals surface area contributed by atoms with Gasteiger partial charge in [-0.1, -0.05) is 11.9 Å². The molecule has 6 heteroatoms. The van der Waals surface area contributed by atoms with E-state index in [1.54, 1.807) is 0 Å². The summed E-state index contributed by atoms with van der Waals surface area (Å²) >= 11 is 1.85. The maximum absolute atomic E-state index is 7.39. The highest BCUT2D eigenvalue weighted by molar-refractivity contribution is 7.96. The van der Waals surface area contributed by atoms with Crippen molar-refractivity contribution in [2.75, 3.05) is 19.3 Å². The lowest BCUT2D eigenvalue weighted by atomic mass is 9.98. The third kappa shape index (κ3) is 3.43. The van der Waals surface area contributed by atoms with Crippen molar-refractivity contribution in [3.63, 3.8) is 0 Å². The molecule has 1 saturated heterocycles. The zero-order valence-electron chi connectivity index (χ0n) is 13.4. The summed E-state index contributed by atoms with van der Waals surface area (Å²) in [6, 6.07) is 6.08. The Morgan fingerprint density at radius 3 is 2.83 bits per heavy atom. The number of nitrogens with one attached hydrogen (secondary N) is 1. The van der Waals surface area contributed by atoms with Crippen molar-refractivity contribution in [2.24, 2.45) is 11.7 Å². The van der Waals surface area contributed by atoms with E-state index in [2.05, 4.69) is 32.4 Å². The van der Waals surface area contributed by atoms with E-state index < -0.39 is 0 Å². The van der Waals surface area contributed by atoms with Crippen molar-refractivity contribution >= 4 is 34.8 Å². The van der Waals surface area contributed by atoms with Gasteiger partial charge in [-0.25, -0.2) is 4.98 Å². The van der Waals surface area contributed by atoms with Crippen LogP contribution in [-0.4, -0.2) is 39.4 Å². The van der Waals surface area contributed by atoms with Gasteiger partial charge in [0.25, 0.3) is 0 Å². The zero-order valence-corrected chi connectivity index (χ0v) is 14.2. The lowest BCUT2D eigenvalue weighted by molar-refractivity contribution is 0.269. The molecular formula is C17H23N5S. The average molecular weight is 329 g/mol. The van der Waals surface area contributed by atoms with Crippen LogP contribution in [0.3, 0.4) is 0 Å². The predicted octanol–water partition coefficient (Wildman–Crippen LogP) is 2.98. The Bertz CT molecular complexity index is 713. The molecule has 1 aliphatic heterocycles. The molecule has 0 aliphatic carbocycles. The molecule has 122 valence electrons. The maximum Gasteiger partial charge on any atom is 0.0888 e. The monoisotopic (exact) mass is 329 g/mol. The number of pyridine rings is 1. The minimum atomic E-state index is 0.643. The van der Waals surface area contributed by atoms with Gasteiger partial charge in [0.1, 0.15) is 0 Å². The van der Waals surface area contributed by atoms with Crippen LogP contribution in [-0.2, 0) is 6.54 Å². The normalized spacial score (nSPS) is 17.7. The van der Waals surface area contributed by atoms with Crippen LogP contribution in [0.25, 0.3) is 16.6 Å². The quantitative estimate of drug-likeness (QED) is 0.653. The average Bonchev–Trinajstić information content (AvgIpc) is 2.99. The fraction of sp³-hybridized carbons (Fsp3) is 0.412. The van der Waals surface area contributed by atoms with Crippen molar-refractivity contribution in [3.05, 3.63) is 36.3 Å². The molecule has 2 aromatic heterocycles. The van der Waals surface area contributed by atoms with Gasteiger partial charge in [-0.2, -0.15) is 0 Å². The van der Waals surface area contributed by atoms with Gasteiger partial charge in [0.2, 0.25) is 0 Å². The van der Waals surface area contributed by atoms with E-state index >= 15 is 0 Å². The Balaban J connectivity index is 1.77. The third-order valence-electron chi connectivity index (χ3n) is 4.54. The number of fused-ring (bicyclic) bond motifs is 1. The molecule has 0 saturated carbocycles. The molecule has 1 aliphatic rings. The Labute approximate surface area is 141 Å². The number of nitrogens with two attached hydrogens (primary N) is 1. The summed E-state index contributed by atoms with van der Waals surface area (Å²) in [6.07, 6.45) is 9.45. The fourth-order valence-electron chi connectivity index (χ4n) is 3.15. The molecule has 5 nitrogen and oxygen atoms in total. The second-order valence-corrected chi connectivity index (χ2v) is 6.77. The molecule has 1 fully saturated rings. The second kappa shape index (κ2) is 7.19. The molecule has 3 N–H and O–H groups in total. The molecule has 2 aromatic rings. The van der Waals surface area contributed by atoms with Crippen LogP contribution in [0.15, 0.2) is 30.6 Å². The molecular weight excluding hydrogens is 306 g/mol. The van der Waals surface area contributed by atoms with Gasteiger partial charge >= 0.3 is 0 Å². The van der Waals surface area contributed by atoms with Gasteiger partial charge in [0.15, 0.2) is 0 Å². The van der Waals surface area contributed by atoms with Crippen LogP contribution in [0.4, 0.5) is 0 Å². The van der Waals surface area contributed by atoms with E-state index in [0.29, 0.717) is 5.57 Å². The first-order chi connectivity index (χ1) is 11.2. The van der Waals surface area contributed by atoms with Gasteiger partial charge in [0.05, 0.1) is 16.7 Å².